The molecule has 1 rings (SSSR count). The van der Waals surface area contributed by atoms with Crippen molar-refractivity contribution in [2.75, 3.05) is 13.7 Å². The van der Waals surface area contributed by atoms with Crippen molar-refractivity contribution in [2.45, 2.75) is 26.4 Å². The normalized spacial score (nSPS) is 10.5. The highest BCUT2D eigenvalue weighted by molar-refractivity contribution is 5.47. The molecule has 0 aromatic heterocycles. The lowest BCUT2D eigenvalue weighted by atomic mass is 10.2. The number of benzene rings is 1. The summed E-state index contributed by atoms with van der Waals surface area (Å²) in [5.74, 6) is 1.61. The SMILES string of the molecule is C=C(COc1cc(OC)ccc1C#N)OC(C)(C)C. The third-order valence-electron chi connectivity index (χ3n) is 2.15. The maximum Gasteiger partial charge on any atom is 0.145 e. The Morgan fingerprint density at radius 2 is 2.05 bits per heavy atom. The zero-order chi connectivity index (χ0) is 14.5. The van der Waals surface area contributed by atoms with Gasteiger partial charge in [-0.05, 0) is 32.9 Å². The van der Waals surface area contributed by atoms with E-state index in [1.807, 2.05) is 20.8 Å². The molecule has 0 atom stereocenters. The van der Waals surface area contributed by atoms with Crippen LogP contribution < -0.4 is 9.47 Å². The smallest absolute Gasteiger partial charge is 0.145 e. The first-order chi connectivity index (χ1) is 8.85. The predicted octanol–water partition coefficient (Wildman–Crippen LogP) is 3.27. The van der Waals surface area contributed by atoms with E-state index in [4.69, 9.17) is 19.5 Å². The summed E-state index contributed by atoms with van der Waals surface area (Å²) in [5.41, 5.74) is 0.136. The fourth-order valence-electron chi connectivity index (χ4n) is 1.46. The first-order valence-corrected chi connectivity index (χ1v) is 5.93. The fraction of sp³-hybridized carbons (Fsp3) is 0.400. The van der Waals surface area contributed by atoms with Crippen LogP contribution >= 0.6 is 0 Å². The van der Waals surface area contributed by atoms with E-state index in [2.05, 4.69) is 12.6 Å². The third kappa shape index (κ3) is 4.92. The molecule has 0 fully saturated rings. The Balaban J connectivity index is 2.72. The van der Waals surface area contributed by atoms with Gasteiger partial charge in [-0.25, -0.2) is 0 Å². The molecule has 0 aliphatic heterocycles. The Hall–Kier alpha value is -2.15. The van der Waals surface area contributed by atoms with Crippen molar-refractivity contribution in [1.29, 1.82) is 5.26 Å². The van der Waals surface area contributed by atoms with Gasteiger partial charge in [0.05, 0.1) is 12.7 Å². The number of nitrogens with zero attached hydrogens (tertiary/aromatic N) is 1. The van der Waals surface area contributed by atoms with Crippen molar-refractivity contribution in [3.8, 4) is 17.6 Å². The number of nitriles is 1. The molecule has 0 N–H and O–H groups in total. The number of rotatable bonds is 5. The van der Waals surface area contributed by atoms with Gasteiger partial charge in [-0.2, -0.15) is 5.26 Å². The van der Waals surface area contributed by atoms with Crippen molar-refractivity contribution in [3.05, 3.63) is 36.1 Å². The molecule has 0 amide bonds. The molecule has 19 heavy (non-hydrogen) atoms. The van der Waals surface area contributed by atoms with Crippen LogP contribution in [0.3, 0.4) is 0 Å². The standard InChI is InChI=1S/C15H19NO3/c1-11(19-15(2,3)4)10-18-14-8-13(17-5)7-6-12(14)9-16/h6-8H,1,10H2,2-5H3. The van der Waals surface area contributed by atoms with Crippen molar-refractivity contribution in [2.24, 2.45) is 0 Å². The predicted molar refractivity (Wildman–Crippen MR) is 73.2 cm³/mol. The molecule has 4 heteroatoms. The molecular weight excluding hydrogens is 242 g/mol. The second kappa shape index (κ2) is 6.14. The number of hydrogen-bond acceptors (Lipinski definition) is 4. The van der Waals surface area contributed by atoms with E-state index in [1.165, 1.54) is 0 Å². The zero-order valence-corrected chi connectivity index (χ0v) is 11.8. The molecule has 0 radical (unpaired) electrons. The summed E-state index contributed by atoms with van der Waals surface area (Å²) in [4.78, 5) is 0. The Morgan fingerprint density at radius 1 is 1.37 bits per heavy atom. The van der Waals surface area contributed by atoms with E-state index in [9.17, 15) is 0 Å². The average molecular weight is 261 g/mol. The van der Waals surface area contributed by atoms with Crippen molar-refractivity contribution < 1.29 is 14.2 Å². The van der Waals surface area contributed by atoms with Gasteiger partial charge in [0.25, 0.3) is 0 Å². The summed E-state index contributed by atoms with van der Waals surface area (Å²) in [7, 11) is 1.56. The van der Waals surface area contributed by atoms with Crippen LogP contribution in [0.1, 0.15) is 26.3 Å². The van der Waals surface area contributed by atoms with E-state index >= 15 is 0 Å². The molecule has 0 heterocycles. The van der Waals surface area contributed by atoms with Gasteiger partial charge in [-0.1, -0.05) is 6.58 Å². The monoisotopic (exact) mass is 261 g/mol. The Kier molecular flexibility index (Phi) is 4.82. The van der Waals surface area contributed by atoms with Gasteiger partial charge in [-0.3, -0.25) is 0 Å². The van der Waals surface area contributed by atoms with Gasteiger partial charge >= 0.3 is 0 Å². The van der Waals surface area contributed by atoms with Crippen LogP contribution in [0, 0.1) is 11.3 Å². The van der Waals surface area contributed by atoms with Crippen LogP contribution in [0.15, 0.2) is 30.5 Å². The van der Waals surface area contributed by atoms with E-state index in [0.717, 1.165) is 0 Å². The Bertz CT molecular complexity index is 495. The van der Waals surface area contributed by atoms with E-state index in [0.29, 0.717) is 22.8 Å². The molecule has 4 nitrogen and oxygen atoms in total. The van der Waals surface area contributed by atoms with Crippen LogP contribution in [-0.2, 0) is 4.74 Å². The fourth-order valence-corrected chi connectivity index (χ4v) is 1.46. The van der Waals surface area contributed by atoms with E-state index < -0.39 is 0 Å². The van der Waals surface area contributed by atoms with Gasteiger partial charge < -0.3 is 14.2 Å². The van der Waals surface area contributed by atoms with Crippen molar-refractivity contribution in [3.63, 3.8) is 0 Å². The maximum absolute atomic E-state index is 9.01. The van der Waals surface area contributed by atoms with Gasteiger partial charge in [0, 0.05) is 6.07 Å². The molecule has 0 saturated carbocycles. The first kappa shape index (κ1) is 14.9. The average Bonchev–Trinajstić information content (AvgIpc) is 2.33. The maximum atomic E-state index is 9.01. The van der Waals surface area contributed by atoms with E-state index in [1.54, 1.807) is 25.3 Å². The van der Waals surface area contributed by atoms with Crippen molar-refractivity contribution >= 4 is 0 Å². The summed E-state index contributed by atoms with van der Waals surface area (Å²) in [6.45, 7) is 9.79. The van der Waals surface area contributed by atoms with Crippen LogP contribution in [0.5, 0.6) is 11.5 Å². The molecule has 1 aromatic rings. The molecule has 1 aromatic carbocycles. The highest BCUT2D eigenvalue weighted by atomic mass is 16.5. The van der Waals surface area contributed by atoms with E-state index in [-0.39, 0.29) is 12.2 Å². The number of methoxy groups -OCH3 is 1. The van der Waals surface area contributed by atoms with Crippen LogP contribution in [-0.4, -0.2) is 19.3 Å². The first-order valence-electron chi connectivity index (χ1n) is 5.93. The number of ether oxygens (including phenoxy) is 3. The summed E-state index contributed by atoms with van der Waals surface area (Å²) < 4.78 is 16.2. The van der Waals surface area contributed by atoms with Gasteiger partial charge in [0.15, 0.2) is 0 Å². The summed E-state index contributed by atoms with van der Waals surface area (Å²) in [6, 6.07) is 7.11. The van der Waals surface area contributed by atoms with Crippen LogP contribution in [0.2, 0.25) is 0 Å². The highest BCUT2D eigenvalue weighted by Gasteiger charge is 2.13. The summed E-state index contributed by atoms with van der Waals surface area (Å²) in [5, 5.41) is 9.01. The lowest BCUT2D eigenvalue weighted by Crippen LogP contribution is -2.20. The largest absolute Gasteiger partial charge is 0.497 e. The third-order valence-corrected chi connectivity index (χ3v) is 2.15. The Morgan fingerprint density at radius 3 is 2.58 bits per heavy atom. The van der Waals surface area contributed by atoms with Crippen molar-refractivity contribution in [1.82, 2.24) is 0 Å². The van der Waals surface area contributed by atoms with Crippen LogP contribution in [0.4, 0.5) is 0 Å². The number of hydrogen-bond donors (Lipinski definition) is 0. The molecular formula is C15H19NO3. The molecule has 0 aliphatic carbocycles. The minimum Gasteiger partial charge on any atom is -0.497 e. The molecule has 0 spiro atoms. The minimum absolute atomic E-state index is 0.194. The highest BCUT2D eigenvalue weighted by Crippen LogP contribution is 2.25. The van der Waals surface area contributed by atoms with Gasteiger partial charge in [0.2, 0.25) is 0 Å². The second-order valence-electron chi connectivity index (χ2n) is 5.02. The summed E-state index contributed by atoms with van der Waals surface area (Å²) in [6.07, 6.45) is 0. The summed E-state index contributed by atoms with van der Waals surface area (Å²) >= 11 is 0. The molecule has 0 aliphatic rings. The minimum atomic E-state index is -0.313. The lowest BCUT2D eigenvalue weighted by Gasteiger charge is -2.23. The van der Waals surface area contributed by atoms with Crippen LogP contribution in [0.25, 0.3) is 0 Å². The topological polar surface area (TPSA) is 51.5 Å². The molecule has 0 unspecified atom stereocenters. The van der Waals surface area contributed by atoms with Gasteiger partial charge in [0.1, 0.15) is 35.5 Å². The molecule has 0 bridgehead atoms. The second-order valence-corrected chi connectivity index (χ2v) is 5.02. The quantitative estimate of drug-likeness (QED) is 0.763. The molecule has 102 valence electrons. The molecule has 0 saturated heterocycles. The zero-order valence-electron chi connectivity index (χ0n) is 11.8. The van der Waals surface area contributed by atoms with Gasteiger partial charge in [-0.15, -0.1) is 0 Å². The Labute approximate surface area is 114 Å². The lowest BCUT2D eigenvalue weighted by molar-refractivity contribution is 0.0373.